The van der Waals surface area contributed by atoms with Crippen LogP contribution in [0.4, 0.5) is 0 Å². The summed E-state index contributed by atoms with van der Waals surface area (Å²) in [6.07, 6.45) is 3.74. The summed E-state index contributed by atoms with van der Waals surface area (Å²) in [4.78, 5) is 26.3. The quantitative estimate of drug-likeness (QED) is 0.594. The van der Waals surface area contributed by atoms with Crippen molar-refractivity contribution in [1.82, 2.24) is 4.90 Å². The zero-order valence-electron chi connectivity index (χ0n) is 14.4. The van der Waals surface area contributed by atoms with Crippen LogP contribution in [0.5, 0.6) is 5.75 Å². The normalized spacial score (nSPS) is 15.0. The number of esters is 1. The standard InChI is InChI=1S/C19H25NO4/c1-4-6-15-13-16(7-8-17(15)23-3)18(21)20-11-9-14(10-12-20)19(22)24-5-2/h4,7-8,13-14H,1,5-6,9-12H2,2-3H3. The molecule has 1 aromatic rings. The van der Waals surface area contributed by atoms with E-state index in [1.54, 1.807) is 31.1 Å². The molecule has 0 atom stereocenters. The number of rotatable bonds is 6. The van der Waals surface area contributed by atoms with Crippen molar-refractivity contribution in [2.75, 3.05) is 26.8 Å². The predicted molar refractivity (Wildman–Crippen MR) is 92.2 cm³/mol. The number of hydrogen-bond donors (Lipinski definition) is 0. The van der Waals surface area contributed by atoms with E-state index in [2.05, 4.69) is 6.58 Å². The van der Waals surface area contributed by atoms with Crippen LogP contribution in [0.25, 0.3) is 0 Å². The average Bonchev–Trinajstić information content (AvgIpc) is 2.61. The van der Waals surface area contributed by atoms with Crippen LogP contribution >= 0.6 is 0 Å². The van der Waals surface area contributed by atoms with Gasteiger partial charge in [0.1, 0.15) is 5.75 Å². The Kier molecular flexibility index (Phi) is 6.41. The lowest BCUT2D eigenvalue weighted by Crippen LogP contribution is -2.40. The van der Waals surface area contributed by atoms with Crippen molar-refractivity contribution >= 4 is 11.9 Å². The molecule has 1 aliphatic heterocycles. The molecule has 0 spiro atoms. The number of benzene rings is 1. The molecule has 1 heterocycles. The van der Waals surface area contributed by atoms with Crippen LogP contribution in [0.1, 0.15) is 35.7 Å². The molecule has 0 N–H and O–H groups in total. The van der Waals surface area contributed by atoms with E-state index in [4.69, 9.17) is 9.47 Å². The number of ether oxygens (including phenoxy) is 2. The summed E-state index contributed by atoms with van der Waals surface area (Å²) >= 11 is 0. The van der Waals surface area contributed by atoms with E-state index in [1.807, 2.05) is 12.1 Å². The SMILES string of the molecule is C=CCc1cc(C(=O)N2CCC(C(=O)OCC)CC2)ccc1OC. The van der Waals surface area contributed by atoms with E-state index in [0.717, 1.165) is 11.3 Å². The van der Waals surface area contributed by atoms with Crippen molar-refractivity contribution in [3.05, 3.63) is 42.0 Å². The molecular formula is C19H25NO4. The lowest BCUT2D eigenvalue weighted by molar-refractivity contribution is -0.149. The number of methoxy groups -OCH3 is 1. The molecule has 5 heteroatoms. The van der Waals surface area contributed by atoms with E-state index in [-0.39, 0.29) is 17.8 Å². The number of nitrogens with zero attached hydrogens (tertiary/aromatic N) is 1. The van der Waals surface area contributed by atoms with E-state index in [1.165, 1.54) is 0 Å². The summed E-state index contributed by atoms with van der Waals surface area (Å²) in [5, 5.41) is 0. The first-order valence-corrected chi connectivity index (χ1v) is 8.34. The Morgan fingerprint density at radius 1 is 1.33 bits per heavy atom. The highest BCUT2D eigenvalue weighted by atomic mass is 16.5. The van der Waals surface area contributed by atoms with Gasteiger partial charge in [0.15, 0.2) is 0 Å². The molecule has 1 aliphatic rings. The second kappa shape index (κ2) is 8.52. The van der Waals surface area contributed by atoms with Crippen LogP contribution in [0.2, 0.25) is 0 Å². The molecule has 1 aromatic carbocycles. The Labute approximate surface area is 143 Å². The van der Waals surface area contributed by atoms with Crippen LogP contribution in [0.15, 0.2) is 30.9 Å². The highest BCUT2D eigenvalue weighted by molar-refractivity contribution is 5.94. The molecule has 0 unspecified atom stereocenters. The zero-order chi connectivity index (χ0) is 17.5. The number of hydrogen-bond acceptors (Lipinski definition) is 4. The molecule has 1 saturated heterocycles. The Morgan fingerprint density at radius 2 is 2.04 bits per heavy atom. The molecule has 1 fully saturated rings. The van der Waals surface area contributed by atoms with Gasteiger partial charge < -0.3 is 14.4 Å². The molecule has 0 saturated carbocycles. The summed E-state index contributed by atoms with van der Waals surface area (Å²) in [6, 6.07) is 5.46. The maximum Gasteiger partial charge on any atom is 0.309 e. The fourth-order valence-corrected chi connectivity index (χ4v) is 2.99. The minimum Gasteiger partial charge on any atom is -0.496 e. The fraction of sp³-hybridized carbons (Fsp3) is 0.474. The number of carbonyl (C=O) groups excluding carboxylic acids is 2. The molecule has 0 aromatic heterocycles. The summed E-state index contributed by atoms with van der Waals surface area (Å²) in [5.41, 5.74) is 1.59. The minimum absolute atomic E-state index is 0.00901. The molecule has 0 aliphatic carbocycles. The monoisotopic (exact) mass is 331 g/mol. The van der Waals surface area contributed by atoms with Gasteiger partial charge in [-0.25, -0.2) is 0 Å². The van der Waals surface area contributed by atoms with Crippen molar-refractivity contribution in [3.63, 3.8) is 0 Å². The van der Waals surface area contributed by atoms with Gasteiger partial charge in [0.2, 0.25) is 0 Å². The van der Waals surface area contributed by atoms with Gasteiger partial charge in [0.25, 0.3) is 5.91 Å². The zero-order valence-corrected chi connectivity index (χ0v) is 14.4. The van der Waals surface area contributed by atoms with E-state index < -0.39 is 0 Å². The minimum atomic E-state index is -0.151. The van der Waals surface area contributed by atoms with Gasteiger partial charge in [-0.2, -0.15) is 0 Å². The molecule has 130 valence electrons. The van der Waals surface area contributed by atoms with Crippen LogP contribution in [0, 0.1) is 5.92 Å². The van der Waals surface area contributed by atoms with E-state index in [9.17, 15) is 9.59 Å². The fourth-order valence-electron chi connectivity index (χ4n) is 2.99. The van der Waals surface area contributed by atoms with Crippen molar-refractivity contribution in [1.29, 1.82) is 0 Å². The van der Waals surface area contributed by atoms with Gasteiger partial charge in [0, 0.05) is 18.7 Å². The van der Waals surface area contributed by atoms with Crippen molar-refractivity contribution in [2.45, 2.75) is 26.2 Å². The molecule has 1 amide bonds. The van der Waals surface area contributed by atoms with Crippen LogP contribution in [-0.2, 0) is 16.0 Å². The Morgan fingerprint density at radius 3 is 2.62 bits per heavy atom. The molecule has 0 bridgehead atoms. The number of amides is 1. The first-order valence-electron chi connectivity index (χ1n) is 8.34. The molecule has 5 nitrogen and oxygen atoms in total. The van der Waals surface area contributed by atoms with Crippen molar-refractivity contribution in [2.24, 2.45) is 5.92 Å². The highest BCUT2D eigenvalue weighted by Gasteiger charge is 2.28. The largest absolute Gasteiger partial charge is 0.496 e. The van der Waals surface area contributed by atoms with Gasteiger partial charge in [-0.15, -0.1) is 6.58 Å². The topological polar surface area (TPSA) is 55.8 Å². The maximum atomic E-state index is 12.7. The highest BCUT2D eigenvalue weighted by Crippen LogP contribution is 2.24. The van der Waals surface area contributed by atoms with Crippen molar-refractivity contribution < 1.29 is 19.1 Å². The Hall–Kier alpha value is -2.30. The van der Waals surface area contributed by atoms with Gasteiger partial charge in [-0.3, -0.25) is 9.59 Å². The second-order valence-electron chi connectivity index (χ2n) is 5.84. The Balaban J connectivity index is 2.04. The van der Waals surface area contributed by atoms with Crippen molar-refractivity contribution in [3.8, 4) is 5.75 Å². The average molecular weight is 331 g/mol. The lowest BCUT2D eigenvalue weighted by atomic mass is 9.96. The van der Waals surface area contributed by atoms with Gasteiger partial charge >= 0.3 is 5.97 Å². The number of allylic oxidation sites excluding steroid dienone is 1. The number of carbonyl (C=O) groups is 2. The first-order chi connectivity index (χ1) is 11.6. The van der Waals surface area contributed by atoms with Crippen LogP contribution < -0.4 is 4.74 Å². The van der Waals surface area contributed by atoms with E-state index in [0.29, 0.717) is 44.5 Å². The van der Waals surface area contributed by atoms with Crippen LogP contribution in [-0.4, -0.2) is 43.6 Å². The maximum absolute atomic E-state index is 12.7. The molecule has 0 radical (unpaired) electrons. The van der Waals surface area contributed by atoms with Crippen LogP contribution in [0.3, 0.4) is 0 Å². The smallest absolute Gasteiger partial charge is 0.309 e. The summed E-state index contributed by atoms with van der Waals surface area (Å²) in [5.74, 6) is 0.501. The van der Waals surface area contributed by atoms with E-state index >= 15 is 0 Å². The molecule has 24 heavy (non-hydrogen) atoms. The summed E-state index contributed by atoms with van der Waals surface area (Å²) < 4.78 is 10.4. The second-order valence-corrected chi connectivity index (χ2v) is 5.84. The summed E-state index contributed by atoms with van der Waals surface area (Å²) in [7, 11) is 1.61. The third-order valence-corrected chi connectivity index (χ3v) is 4.29. The number of piperidine rings is 1. The molecule has 2 rings (SSSR count). The number of likely N-dealkylation sites (tertiary alicyclic amines) is 1. The van der Waals surface area contributed by atoms with Gasteiger partial charge in [0.05, 0.1) is 19.6 Å². The Bertz CT molecular complexity index is 603. The predicted octanol–water partition coefficient (Wildman–Crippen LogP) is 2.84. The van der Waals surface area contributed by atoms with Gasteiger partial charge in [-0.05, 0) is 49.9 Å². The lowest BCUT2D eigenvalue weighted by Gasteiger charge is -2.31. The molecular weight excluding hydrogens is 306 g/mol. The first kappa shape index (κ1) is 18.0. The van der Waals surface area contributed by atoms with Gasteiger partial charge in [-0.1, -0.05) is 6.08 Å². The summed E-state index contributed by atoms with van der Waals surface area (Å²) in [6.45, 7) is 7.10. The third-order valence-electron chi connectivity index (χ3n) is 4.29. The third kappa shape index (κ3) is 4.16.